The number of halogens is 1. The van der Waals surface area contributed by atoms with E-state index in [-0.39, 0.29) is 0 Å². The molecule has 3 heteroatoms. The zero-order valence-electron chi connectivity index (χ0n) is 7.81. The Labute approximate surface area is 87.6 Å². The zero-order chi connectivity index (χ0) is 9.68. The van der Waals surface area contributed by atoms with Crippen molar-refractivity contribution in [1.82, 2.24) is 0 Å². The van der Waals surface area contributed by atoms with Crippen LogP contribution in [0, 0.1) is 6.92 Å². The fraction of sp³-hybridized carbons (Fsp3) is 0.400. The van der Waals surface area contributed by atoms with E-state index in [4.69, 9.17) is 5.73 Å². The molecule has 0 unspecified atom stereocenters. The SMILES string of the molecule is Cc1c(Br)cccc1NCCCN. The van der Waals surface area contributed by atoms with E-state index < -0.39 is 0 Å². The monoisotopic (exact) mass is 242 g/mol. The molecule has 0 amide bonds. The highest BCUT2D eigenvalue weighted by atomic mass is 79.9. The standard InChI is InChI=1S/C10H15BrN2/c1-8-9(11)4-2-5-10(8)13-7-3-6-12/h2,4-5,13H,3,6-7,12H2,1H3. The van der Waals surface area contributed by atoms with Gasteiger partial charge in [-0.1, -0.05) is 22.0 Å². The molecule has 0 spiro atoms. The summed E-state index contributed by atoms with van der Waals surface area (Å²) >= 11 is 3.49. The summed E-state index contributed by atoms with van der Waals surface area (Å²) in [6, 6.07) is 6.15. The Kier molecular flexibility index (Phi) is 4.25. The largest absolute Gasteiger partial charge is 0.385 e. The van der Waals surface area contributed by atoms with Gasteiger partial charge in [0.25, 0.3) is 0 Å². The molecule has 0 aliphatic heterocycles. The van der Waals surface area contributed by atoms with Crippen molar-refractivity contribution in [1.29, 1.82) is 0 Å². The molecule has 0 bridgehead atoms. The van der Waals surface area contributed by atoms with E-state index in [2.05, 4.69) is 34.2 Å². The lowest BCUT2D eigenvalue weighted by Crippen LogP contribution is -2.09. The van der Waals surface area contributed by atoms with Crippen molar-refractivity contribution in [3.63, 3.8) is 0 Å². The van der Waals surface area contributed by atoms with E-state index in [0.717, 1.165) is 24.0 Å². The molecule has 0 aliphatic rings. The minimum Gasteiger partial charge on any atom is -0.385 e. The van der Waals surface area contributed by atoms with Crippen molar-refractivity contribution < 1.29 is 0 Å². The first kappa shape index (κ1) is 10.5. The van der Waals surface area contributed by atoms with Gasteiger partial charge in [-0.2, -0.15) is 0 Å². The van der Waals surface area contributed by atoms with Gasteiger partial charge in [0.05, 0.1) is 0 Å². The van der Waals surface area contributed by atoms with Crippen LogP contribution in [0.25, 0.3) is 0 Å². The third-order valence-corrected chi connectivity index (χ3v) is 2.82. The molecule has 1 rings (SSSR count). The Bertz CT molecular complexity index is 274. The molecule has 0 fully saturated rings. The van der Waals surface area contributed by atoms with Gasteiger partial charge >= 0.3 is 0 Å². The minimum absolute atomic E-state index is 0.736. The number of hydrogen-bond donors (Lipinski definition) is 2. The second-order valence-corrected chi connectivity index (χ2v) is 3.84. The average molecular weight is 243 g/mol. The third kappa shape index (κ3) is 3.01. The molecule has 1 aromatic carbocycles. The number of nitrogens with one attached hydrogen (secondary N) is 1. The van der Waals surface area contributed by atoms with Crippen LogP contribution < -0.4 is 11.1 Å². The Hall–Kier alpha value is -0.540. The lowest BCUT2D eigenvalue weighted by Gasteiger charge is -2.09. The van der Waals surface area contributed by atoms with Crippen LogP contribution in [0.15, 0.2) is 22.7 Å². The first-order valence-electron chi connectivity index (χ1n) is 4.44. The van der Waals surface area contributed by atoms with E-state index in [9.17, 15) is 0 Å². The maximum atomic E-state index is 5.41. The summed E-state index contributed by atoms with van der Waals surface area (Å²) in [5.74, 6) is 0. The van der Waals surface area contributed by atoms with E-state index in [1.807, 2.05) is 12.1 Å². The van der Waals surface area contributed by atoms with Gasteiger partial charge in [-0.3, -0.25) is 0 Å². The van der Waals surface area contributed by atoms with Gasteiger partial charge in [0, 0.05) is 16.7 Å². The number of anilines is 1. The first-order chi connectivity index (χ1) is 6.25. The highest BCUT2D eigenvalue weighted by Gasteiger charge is 1.99. The van der Waals surface area contributed by atoms with Crippen LogP contribution in [-0.4, -0.2) is 13.1 Å². The van der Waals surface area contributed by atoms with Crippen LogP contribution in [-0.2, 0) is 0 Å². The molecule has 0 radical (unpaired) electrons. The normalized spacial score (nSPS) is 10.1. The molecule has 0 saturated carbocycles. The average Bonchev–Trinajstić information content (AvgIpc) is 2.13. The molecule has 13 heavy (non-hydrogen) atoms. The van der Waals surface area contributed by atoms with Gasteiger partial charge in [-0.05, 0) is 37.6 Å². The summed E-state index contributed by atoms with van der Waals surface area (Å²) < 4.78 is 1.14. The number of benzene rings is 1. The molecular formula is C10H15BrN2. The van der Waals surface area contributed by atoms with Crippen LogP contribution >= 0.6 is 15.9 Å². The highest BCUT2D eigenvalue weighted by molar-refractivity contribution is 9.10. The molecule has 2 nitrogen and oxygen atoms in total. The number of nitrogens with two attached hydrogens (primary N) is 1. The number of hydrogen-bond acceptors (Lipinski definition) is 2. The van der Waals surface area contributed by atoms with Crippen molar-refractivity contribution >= 4 is 21.6 Å². The van der Waals surface area contributed by atoms with Gasteiger partial charge in [-0.25, -0.2) is 0 Å². The molecule has 0 atom stereocenters. The van der Waals surface area contributed by atoms with E-state index >= 15 is 0 Å². The minimum atomic E-state index is 0.736. The predicted octanol–water partition coefficient (Wildman–Crippen LogP) is 2.52. The van der Waals surface area contributed by atoms with Crippen LogP contribution in [0.2, 0.25) is 0 Å². The van der Waals surface area contributed by atoms with Crippen LogP contribution in [0.4, 0.5) is 5.69 Å². The Balaban J connectivity index is 2.61. The van der Waals surface area contributed by atoms with Gasteiger partial charge in [-0.15, -0.1) is 0 Å². The van der Waals surface area contributed by atoms with E-state index in [1.54, 1.807) is 0 Å². The van der Waals surface area contributed by atoms with Crippen molar-refractivity contribution in [2.45, 2.75) is 13.3 Å². The topological polar surface area (TPSA) is 38.0 Å². The van der Waals surface area contributed by atoms with Crippen molar-refractivity contribution in [3.05, 3.63) is 28.2 Å². The van der Waals surface area contributed by atoms with Crippen LogP contribution in [0.1, 0.15) is 12.0 Å². The first-order valence-corrected chi connectivity index (χ1v) is 5.24. The second kappa shape index (κ2) is 5.25. The molecular weight excluding hydrogens is 228 g/mol. The zero-order valence-corrected chi connectivity index (χ0v) is 9.39. The van der Waals surface area contributed by atoms with Crippen LogP contribution in [0.5, 0.6) is 0 Å². The molecule has 1 aromatic rings. The van der Waals surface area contributed by atoms with Gasteiger partial charge < -0.3 is 11.1 Å². The van der Waals surface area contributed by atoms with Crippen molar-refractivity contribution in [2.24, 2.45) is 5.73 Å². The van der Waals surface area contributed by atoms with Crippen LogP contribution in [0.3, 0.4) is 0 Å². The summed E-state index contributed by atoms with van der Waals surface area (Å²) in [5.41, 5.74) is 7.84. The van der Waals surface area contributed by atoms with Crippen molar-refractivity contribution in [2.75, 3.05) is 18.4 Å². The molecule has 0 aromatic heterocycles. The van der Waals surface area contributed by atoms with Gasteiger partial charge in [0.15, 0.2) is 0 Å². The second-order valence-electron chi connectivity index (χ2n) is 2.98. The van der Waals surface area contributed by atoms with E-state index in [1.165, 1.54) is 11.3 Å². The maximum absolute atomic E-state index is 5.41. The molecule has 0 aliphatic carbocycles. The molecule has 0 saturated heterocycles. The molecule has 72 valence electrons. The highest BCUT2D eigenvalue weighted by Crippen LogP contribution is 2.23. The number of rotatable bonds is 4. The Morgan fingerprint density at radius 2 is 2.23 bits per heavy atom. The molecule has 3 N–H and O–H groups in total. The Morgan fingerprint density at radius 3 is 2.92 bits per heavy atom. The smallest absolute Gasteiger partial charge is 0.0381 e. The van der Waals surface area contributed by atoms with Gasteiger partial charge in [0.2, 0.25) is 0 Å². The summed E-state index contributed by atoms with van der Waals surface area (Å²) in [6.45, 7) is 3.77. The fourth-order valence-corrected chi connectivity index (χ4v) is 1.49. The van der Waals surface area contributed by atoms with Gasteiger partial charge in [0.1, 0.15) is 0 Å². The maximum Gasteiger partial charge on any atom is 0.0381 e. The predicted molar refractivity (Wildman–Crippen MR) is 61.0 cm³/mol. The lowest BCUT2D eigenvalue weighted by molar-refractivity contribution is 0.873. The lowest BCUT2D eigenvalue weighted by atomic mass is 10.2. The summed E-state index contributed by atoms with van der Waals surface area (Å²) in [4.78, 5) is 0. The fourth-order valence-electron chi connectivity index (χ4n) is 1.12. The summed E-state index contributed by atoms with van der Waals surface area (Å²) in [6.07, 6.45) is 1.01. The quantitative estimate of drug-likeness (QED) is 0.797. The Morgan fingerprint density at radius 1 is 1.46 bits per heavy atom. The van der Waals surface area contributed by atoms with Crippen molar-refractivity contribution in [3.8, 4) is 0 Å². The summed E-state index contributed by atoms with van der Waals surface area (Å²) in [7, 11) is 0. The molecule has 0 heterocycles. The summed E-state index contributed by atoms with van der Waals surface area (Å²) in [5, 5.41) is 3.34. The third-order valence-electron chi connectivity index (χ3n) is 1.96. The van der Waals surface area contributed by atoms with E-state index in [0.29, 0.717) is 0 Å².